The zero-order chi connectivity index (χ0) is 23.2. The molecule has 2 heterocycles. The molecule has 1 saturated heterocycles. The van der Waals surface area contributed by atoms with Crippen LogP contribution in [0.1, 0.15) is 61.0 Å². The number of nitrogens with one attached hydrogen (secondary N) is 3. The minimum atomic E-state index is -0.749. The highest BCUT2D eigenvalue weighted by molar-refractivity contribution is 7.20. The van der Waals surface area contributed by atoms with Crippen molar-refractivity contribution in [2.45, 2.75) is 63.5 Å². The Morgan fingerprint density at radius 3 is 2.58 bits per heavy atom. The van der Waals surface area contributed by atoms with E-state index < -0.39 is 12.1 Å². The van der Waals surface area contributed by atoms with Crippen LogP contribution in [-0.4, -0.2) is 42.6 Å². The Labute approximate surface area is 197 Å². The molecular weight excluding hydrogens is 438 g/mol. The van der Waals surface area contributed by atoms with Crippen LogP contribution in [-0.2, 0) is 14.4 Å². The summed E-state index contributed by atoms with van der Waals surface area (Å²) in [5, 5.41) is 9.48. The van der Waals surface area contributed by atoms with E-state index in [2.05, 4.69) is 16.0 Å². The Bertz CT molecular complexity index is 981. The predicted molar refractivity (Wildman–Crippen MR) is 128 cm³/mol. The normalized spacial score (nSPS) is 20.7. The Kier molecular flexibility index (Phi) is 7.75. The maximum atomic E-state index is 13.2. The second-order valence-corrected chi connectivity index (χ2v) is 10.3. The van der Waals surface area contributed by atoms with E-state index in [1.165, 1.54) is 17.8 Å². The van der Waals surface area contributed by atoms with E-state index in [4.69, 9.17) is 0 Å². The molecule has 33 heavy (non-hydrogen) atoms. The quantitative estimate of drug-likeness (QED) is 0.491. The number of rotatable bonds is 9. The van der Waals surface area contributed by atoms with Gasteiger partial charge >= 0.3 is 0 Å². The molecule has 1 aliphatic carbocycles. The lowest BCUT2D eigenvalue weighted by Gasteiger charge is -2.27. The van der Waals surface area contributed by atoms with Gasteiger partial charge in [-0.25, -0.2) is 0 Å². The van der Waals surface area contributed by atoms with Crippen LogP contribution < -0.4 is 16.0 Å². The number of aldehydes is 1. The summed E-state index contributed by atoms with van der Waals surface area (Å²) in [5.74, 6) is -0.610. The number of fused-ring (bicyclic) bond motifs is 1. The van der Waals surface area contributed by atoms with Gasteiger partial charge in [-0.1, -0.05) is 50.3 Å². The van der Waals surface area contributed by atoms with Crippen molar-refractivity contribution >= 4 is 45.4 Å². The number of carbonyl (C=O) groups excluding carboxylic acids is 4. The molecule has 2 aliphatic rings. The third-order valence-electron chi connectivity index (χ3n) is 6.76. The van der Waals surface area contributed by atoms with Crippen LogP contribution in [0.25, 0.3) is 10.1 Å². The van der Waals surface area contributed by atoms with Crippen LogP contribution >= 0.6 is 11.3 Å². The molecule has 1 saturated carbocycles. The van der Waals surface area contributed by atoms with Crippen molar-refractivity contribution in [1.29, 1.82) is 0 Å². The fourth-order valence-corrected chi connectivity index (χ4v) is 5.88. The molecule has 0 unspecified atom stereocenters. The summed E-state index contributed by atoms with van der Waals surface area (Å²) in [6.45, 7) is 0.596. The van der Waals surface area contributed by atoms with Gasteiger partial charge in [0.15, 0.2) is 0 Å². The lowest BCUT2D eigenvalue weighted by molar-refractivity contribution is -0.127. The molecule has 0 radical (unpaired) electrons. The van der Waals surface area contributed by atoms with Crippen molar-refractivity contribution in [3.8, 4) is 0 Å². The van der Waals surface area contributed by atoms with Gasteiger partial charge in [-0.3, -0.25) is 14.4 Å². The van der Waals surface area contributed by atoms with Crippen molar-refractivity contribution in [1.82, 2.24) is 16.0 Å². The van der Waals surface area contributed by atoms with Crippen molar-refractivity contribution < 1.29 is 19.2 Å². The Balaban J connectivity index is 1.45. The van der Waals surface area contributed by atoms with Crippen molar-refractivity contribution in [3.05, 3.63) is 35.2 Å². The second kappa shape index (κ2) is 10.9. The van der Waals surface area contributed by atoms with E-state index in [-0.39, 0.29) is 30.1 Å². The molecule has 3 amide bonds. The minimum absolute atomic E-state index is 0.0760. The van der Waals surface area contributed by atoms with Gasteiger partial charge in [0.1, 0.15) is 12.3 Å². The van der Waals surface area contributed by atoms with Gasteiger partial charge in [-0.2, -0.15) is 0 Å². The Morgan fingerprint density at radius 1 is 1.09 bits per heavy atom. The zero-order valence-electron chi connectivity index (χ0n) is 18.7. The lowest BCUT2D eigenvalue weighted by Crippen LogP contribution is -2.51. The fraction of sp³-hybridized carbons (Fsp3) is 0.520. The predicted octanol–water partition coefficient (Wildman–Crippen LogP) is 3.18. The highest BCUT2D eigenvalue weighted by atomic mass is 32.1. The van der Waals surface area contributed by atoms with Gasteiger partial charge in [0.05, 0.1) is 10.9 Å². The van der Waals surface area contributed by atoms with Crippen LogP contribution in [0.4, 0.5) is 0 Å². The molecular formula is C25H31N3O4S. The molecule has 2 aromatic rings. The zero-order valence-corrected chi connectivity index (χ0v) is 19.5. The van der Waals surface area contributed by atoms with Gasteiger partial charge in [0.25, 0.3) is 5.91 Å². The SMILES string of the molecule is O=C[C@H](C[C@@H]1CCNC1=O)NC(=O)[C@H](CC1CCCCC1)NC(=O)c1cc2ccccc2s1. The summed E-state index contributed by atoms with van der Waals surface area (Å²) in [6, 6.07) is 8.17. The molecule has 176 valence electrons. The molecule has 1 aromatic carbocycles. The number of amides is 3. The van der Waals surface area contributed by atoms with Crippen LogP contribution in [0.15, 0.2) is 30.3 Å². The molecule has 3 N–H and O–H groups in total. The molecule has 1 aromatic heterocycles. The topological polar surface area (TPSA) is 104 Å². The van der Waals surface area contributed by atoms with E-state index in [1.807, 2.05) is 30.3 Å². The van der Waals surface area contributed by atoms with E-state index in [0.29, 0.717) is 36.5 Å². The molecule has 4 rings (SSSR count). The third-order valence-corrected chi connectivity index (χ3v) is 7.87. The highest BCUT2D eigenvalue weighted by Crippen LogP contribution is 2.29. The Hall–Kier alpha value is -2.74. The molecule has 1 aliphatic heterocycles. The van der Waals surface area contributed by atoms with Crippen LogP contribution in [0.5, 0.6) is 0 Å². The van der Waals surface area contributed by atoms with Crippen LogP contribution in [0.2, 0.25) is 0 Å². The summed E-state index contributed by atoms with van der Waals surface area (Å²) in [6.07, 6.45) is 7.75. The fourth-order valence-electron chi connectivity index (χ4n) is 4.92. The van der Waals surface area contributed by atoms with Gasteiger partial charge in [0.2, 0.25) is 11.8 Å². The molecule has 3 atom stereocenters. The first-order chi connectivity index (χ1) is 16.0. The van der Waals surface area contributed by atoms with E-state index in [9.17, 15) is 19.2 Å². The summed E-state index contributed by atoms with van der Waals surface area (Å²) in [5.41, 5.74) is 0. The number of hydrogen-bond donors (Lipinski definition) is 3. The average Bonchev–Trinajstić information content (AvgIpc) is 3.44. The number of carbonyl (C=O) groups is 4. The maximum absolute atomic E-state index is 13.2. The number of thiophene rings is 1. The monoisotopic (exact) mass is 469 g/mol. The van der Waals surface area contributed by atoms with Crippen molar-refractivity contribution in [2.24, 2.45) is 11.8 Å². The molecule has 2 fully saturated rings. The molecule has 7 nitrogen and oxygen atoms in total. The first-order valence-corrected chi connectivity index (χ1v) is 12.7. The first-order valence-electron chi connectivity index (χ1n) is 11.9. The summed E-state index contributed by atoms with van der Waals surface area (Å²) in [4.78, 5) is 50.4. The first kappa shape index (κ1) is 23.4. The molecule has 0 bridgehead atoms. The van der Waals surface area contributed by atoms with Gasteiger partial charge in [-0.05, 0) is 42.7 Å². The van der Waals surface area contributed by atoms with Gasteiger partial charge < -0.3 is 20.7 Å². The van der Waals surface area contributed by atoms with Crippen LogP contribution in [0, 0.1) is 11.8 Å². The maximum Gasteiger partial charge on any atom is 0.262 e. The summed E-state index contributed by atoms with van der Waals surface area (Å²) >= 11 is 1.40. The molecule has 0 spiro atoms. The lowest BCUT2D eigenvalue weighted by atomic mass is 9.84. The number of hydrogen-bond acceptors (Lipinski definition) is 5. The van der Waals surface area contributed by atoms with Gasteiger partial charge in [0, 0.05) is 17.2 Å². The van der Waals surface area contributed by atoms with Gasteiger partial charge in [-0.15, -0.1) is 11.3 Å². The van der Waals surface area contributed by atoms with Crippen molar-refractivity contribution in [3.63, 3.8) is 0 Å². The largest absolute Gasteiger partial charge is 0.356 e. The van der Waals surface area contributed by atoms with Crippen LogP contribution in [0.3, 0.4) is 0 Å². The minimum Gasteiger partial charge on any atom is -0.356 e. The highest BCUT2D eigenvalue weighted by Gasteiger charge is 2.31. The molecule has 8 heteroatoms. The van der Waals surface area contributed by atoms with Crippen molar-refractivity contribution in [2.75, 3.05) is 6.54 Å². The number of benzene rings is 1. The Morgan fingerprint density at radius 2 is 1.88 bits per heavy atom. The summed E-state index contributed by atoms with van der Waals surface area (Å²) in [7, 11) is 0. The standard InChI is InChI=1S/C25H31N3O4S/c29-15-19(13-18-10-11-26-23(18)30)27-24(31)20(12-16-6-2-1-3-7-16)28-25(32)22-14-17-8-4-5-9-21(17)33-22/h4-5,8-9,14-16,18-20H,1-3,6-7,10-13H2,(H,26,30)(H,27,31)(H,28,32)/t18-,19-,20-/m0/s1. The smallest absolute Gasteiger partial charge is 0.262 e. The average molecular weight is 470 g/mol. The van der Waals surface area contributed by atoms with E-state index >= 15 is 0 Å². The van der Waals surface area contributed by atoms with E-state index in [0.717, 1.165) is 35.8 Å². The van der Waals surface area contributed by atoms with E-state index in [1.54, 1.807) is 0 Å². The third kappa shape index (κ3) is 5.99. The second-order valence-electron chi connectivity index (χ2n) is 9.18. The summed E-state index contributed by atoms with van der Waals surface area (Å²) < 4.78 is 1.02.